The molecular weight excluding hydrogens is 286 g/mol. The molecule has 3 rings (SSSR count). The Hall–Kier alpha value is -3.07. The van der Waals surface area contributed by atoms with Gasteiger partial charge in [-0.1, -0.05) is 60.7 Å². The summed E-state index contributed by atoms with van der Waals surface area (Å²) in [5, 5.41) is 0. The van der Waals surface area contributed by atoms with Gasteiger partial charge in [-0.05, 0) is 46.9 Å². The van der Waals surface area contributed by atoms with Crippen molar-refractivity contribution < 1.29 is 9.53 Å². The van der Waals surface area contributed by atoms with Crippen molar-refractivity contribution in [1.82, 2.24) is 0 Å². The number of ether oxygens (including phenoxy) is 1. The lowest BCUT2D eigenvalue weighted by Crippen LogP contribution is -2.16. The summed E-state index contributed by atoms with van der Waals surface area (Å²) in [6.07, 6.45) is -0.805. The van der Waals surface area contributed by atoms with Crippen LogP contribution in [0.5, 0.6) is 5.75 Å². The monoisotopic (exact) mass is 303 g/mol. The maximum absolute atomic E-state index is 10.7. The van der Waals surface area contributed by atoms with Gasteiger partial charge in [0.25, 0.3) is 0 Å². The van der Waals surface area contributed by atoms with Crippen LogP contribution in [0.1, 0.15) is 5.56 Å². The van der Waals surface area contributed by atoms with Crippen molar-refractivity contribution >= 4 is 6.09 Å². The molecule has 0 saturated heterocycles. The van der Waals surface area contributed by atoms with E-state index in [0.717, 1.165) is 11.1 Å². The fourth-order valence-corrected chi connectivity index (χ4v) is 2.62. The molecule has 3 aromatic rings. The predicted molar refractivity (Wildman–Crippen MR) is 92.3 cm³/mol. The number of aryl methyl sites for hydroxylation is 1. The molecule has 0 spiro atoms. The topological polar surface area (TPSA) is 52.3 Å². The molecule has 0 saturated carbocycles. The molecule has 3 nitrogen and oxygen atoms in total. The average Bonchev–Trinajstić information content (AvgIpc) is 2.56. The van der Waals surface area contributed by atoms with Crippen LogP contribution < -0.4 is 10.5 Å². The van der Waals surface area contributed by atoms with E-state index in [0.29, 0.717) is 5.75 Å². The van der Waals surface area contributed by atoms with E-state index in [1.165, 1.54) is 16.7 Å². The minimum Gasteiger partial charge on any atom is -0.411 e. The summed E-state index contributed by atoms with van der Waals surface area (Å²) < 4.78 is 4.84. The van der Waals surface area contributed by atoms with Gasteiger partial charge in [0, 0.05) is 0 Å². The molecule has 0 radical (unpaired) electrons. The number of primary amides is 1. The molecule has 0 aromatic heterocycles. The molecule has 0 bridgehead atoms. The molecule has 0 unspecified atom stereocenters. The zero-order valence-electron chi connectivity index (χ0n) is 12.8. The Kier molecular flexibility index (Phi) is 4.11. The van der Waals surface area contributed by atoms with Crippen LogP contribution in [0.3, 0.4) is 0 Å². The lowest BCUT2D eigenvalue weighted by molar-refractivity contribution is 0.211. The van der Waals surface area contributed by atoms with E-state index < -0.39 is 6.09 Å². The van der Waals surface area contributed by atoms with Crippen molar-refractivity contribution in [3.05, 3.63) is 78.4 Å². The molecule has 0 heterocycles. The minimum absolute atomic E-state index is 0.443. The third-order valence-electron chi connectivity index (χ3n) is 3.72. The Morgan fingerprint density at radius 1 is 0.826 bits per heavy atom. The van der Waals surface area contributed by atoms with Crippen LogP contribution in [0.2, 0.25) is 0 Å². The van der Waals surface area contributed by atoms with Gasteiger partial charge in [-0.25, -0.2) is 4.79 Å². The highest BCUT2D eigenvalue weighted by molar-refractivity contribution is 5.74. The fourth-order valence-electron chi connectivity index (χ4n) is 2.62. The Morgan fingerprint density at radius 3 is 2.09 bits per heavy atom. The smallest absolute Gasteiger partial charge is 0.409 e. The van der Waals surface area contributed by atoms with E-state index in [1.807, 2.05) is 30.3 Å². The van der Waals surface area contributed by atoms with Gasteiger partial charge in [-0.2, -0.15) is 0 Å². The van der Waals surface area contributed by atoms with Crippen LogP contribution in [0.25, 0.3) is 22.3 Å². The van der Waals surface area contributed by atoms with Gasteiger partial charge in [-0.3, -0.25) is 0 Å². The van der Waals surface area contributed by atoms with E-state index in [9.17, 15) is 4.79 Å². The first-order chi connectivity index (χ1) is 11.1. The van der Waals surface area contributed by atoms with Crippen molar-refractivity contribution in [2.45, 2.75) is 6.92 Å². The number of hydrogen-bond acceptors (Lipinski definition) is 2. The lowest BCUT2D eigenvalue weighted by atomic mass is 9.96. The highest BCUT2D eigenvalue weighted by Crippen LogP contribution is 2.29. The first kappa shape index (κ1) is 14.9. The Labute approximate surface area is 135 Å². The second-order valence-corrected chi connectivity index (χ2v) is 5.34. The highest BCUT2D eigenvalue weighted by Gasteiger charge is 2.05. The van der Waals surface area contributed by atoms with Gasteiger partial charge < -0.3 is 10.5 Å². The number of hydrogen-bond donors (Lipinski definition) is 1. The van der Waals surface area contributed by atoms with Gasteiger partial charge >= 0.3 is 6.09 Å². The van der Waals surface area contributed by atoms with E-state index in [-0.39, 0.29) is 0 Å². The second kappa shape index (κ2) is 6.36. The molecule has 3 aromatic carbocycles. The quantitative estimate of drug-likeness (QED) is 0.756. The number of nitrogens with two attached hydrogens (primary N) is 1. The summed E-state index contributed by atoms with van der Waals surface area (Å²) in [7, 11) is 0. The van der Waals surface area contributed by atoms with Crippen LogP contribution >= 0.6 is 0 Å². The SMILES string of the molecule is Cc1cc(-c2ccc(OC(N)=O)cc2)ccc1-c1ccccc1. The van der Waals surface area contributed by atoms with Crippen LogP contribution in [0, 0.1) is 6.92 Å². The van der Waals surface area contributed by atoms with Crippen molar-refractivity contribution in [1.29, 1.82) is 0 Å². The summed E-state index contributed by atoms with van der Waals surface area (Å²) in [6.45, 7) is 2.11. The summed E-state index contributed by atoms with van der Waals surface area (Å²) in [6, 6.07) is 24.0. The first-order valence-corrected chi connectivity index (χ1v) is 7.37. The third kappa shape index (κ3) is 3.40. The lowest BCUT2D eigenvalue weighted by Gasteiger charge is -2.10. The van der Waals surface area contributed by atoms with Gasteiger partial charge in [0.1, 0.15) is 5.75 Å². The molecule has 114 valence electrons. The summed E-state index contributed by atoms with van der Waals surface area (Å²) in [5.41, 5.74) is 10.8. The molecule has 0 aliphatic rings. The van der Waals surface area contributed by atoms with E-state index in [1.54, 1.807) is 12.1 Å². The number of benzene rings is 3. The Morgan fingerprint density at radius 2 is 1.48 bits per heavy atom. The van der Waals surface area contributed by atoms with Crippen molar-refractivity contribution in [2.75, 3.05) is 0 Å². The maximum atomic E-state index is 10.7. The molecule has 23 heavy (non-hydrogen) atoms. The van der Waals surface area contributed by atoms with Crippen molar-refractivity contribution in [3.8, 4) is 28.0 Å². The third-order valence-corrected chi connectivity index (χ3v) is 3.72. The van der Waals surface area contributed by atoms with Crippen LogP contribution in [-0.4, -0.2) is 6.09 Å². The molecule has 0 aliphatic heterocycles. The van der Waals surface area contributed by atoms with Gasteiger partial charge in [0.15, 0.2) is 0 Å². The Balaban J connectivity index is 1.90. The normalized spacial score (nSPS) is 10.3. The first-order valence-electron chi connectivity index (χ1n) is 7.37. The van der Waals surface area contributed by atoms with E-state index in [4.69, 9.17) is 10.5 Å². The number of amides is 1. The molecule has 1 amide bonds. The summed E-state index contributed by atoms with van der Waals surface area (Å²) in [4.78, 5) is 10.7. The number of carbonyl (C=O) groups excluding carboxylic acids is 1. The zero-order valence-corrected chi connectivity index (χ0v) is 12.8. The molecule has 0 atom stereocenters. The zero-order chi connectivity index (χ0) is 16.2. The molecule has 0 fully saturated rings. The summed E-state index contributed by atoms with van der Waals surface area (Å²) >= 11 is 0. The fraction of sp³-hybridized carbons (Fsp3) is 0.0500. The summed E-state index contributed by atoms with van der Waals surface area (Å²) in [5.74, 6) is 0.443. The van der Waals surface area contributed by atoms with Gasteiger partial charge in [0.05, 0.1) is 0 Å². The molecule has 2 N–H and O–H groups in total. The van der Waals surface area contributed by atoms with Crippen LogP contribution in [0.4, 0.5) is 4.79 Å². The van der Waals surface area contributed by atoms with E-state index in [2.05, 4.69) is 37.3 Å². The number of carbonyl (C=O) groups is 1. The standard InChI is InChI=1S/C20H17NO2/c1-14-13-17(9-12-19(14)16-5-3-2-4-6-16)15-7-10-18(11-8-15)23-20(21)22/h2-13H,1H3,(H2,21,22). The van der Waals surface area contributed by atoms with Crippen LogP contribution in [0.15, 0.2) is 72.8 Å². The van der Waals surface area contributed by atoms with E-state index >= 15 is 0 Å². The molecule has 3 heteroatoms. The Bertz CT molecular complexity index is 824. The second-order valence-electron chi connectivity index (χ2n) is 5.34. The van der Waals surface area contributed by atoms with Crippen molar-refractivity contribution in [2.24, 2.45) is 5.73 Å². The minimum atomic E-state index is -0.805. The molecule has 0 aliphatic carbocycles. The van der Waals surface area contributed by atoms with Gasteiger partial charge in [-0.15, -0.1) is 0 Å². The largest absolute Gasteiger partial charge is 0.411 e. The predicted octanol–water partition coefficient (Wildman–Crippen LogP) is 4.79. The van der Waals surface area contributed by atoms with Crippen molar-refractivity contribution in [3.63, 3.8) is 0 Å². The van der Waals surface area contributed by atoms with Gasteiger partial charge in [0.2, 0.25) is 0 Å². The maximum Gasteiger partial charge on any atom is 0.409 e. The highest BCUT2D eigenvalue weighted by atomic mass is 16.5. The number of rotatable bonds is 3. The van der Waals surface area contributed by atoms with Crippen LogP contribution in [-0.2, 0) is 0 Å². The molecular formula is C20H17NO2. The average molecular weight is 303 g/mol.